The third-order valence-electron chi connectivity index (χ3n) is 4.16. The van der Waals surface area contributed by atoms with Crippen LogP contribution in [0, 0.1) is 0 Å². The van der Waals surface area contributed by atoms with Crippen LogP contribution in [0.5, 0.6) is 11.5 Å². The Labute approximate surface area is 157 Å². The lowest BCUT2D eigenvalue weighted by Crippen LogP contribution is -2.32. The van der Waals surface area contributed by atoms with Crippen molar-refractivity contribution in [3.8, 4) is 11.5 Å². The van der Waals surface area contributed by atoms with E-state index < -0.39 is 30.1 Å². The Morgan fingerprint density at radius 2 is 1.74 bits per heavy atom. The highest BCUT2D eigenvalue weighted by atomic mass is 16.5. The van der Waals surface area contributed by atoms with E-state index in [0.717, 1.165) is 0 Å². The number of hydrogen-bond acceptors (Lipinski definition) is 7. The highest BCUT2D eigenvalue weighted by molar-refractivity contribution is 5.97. The van der Waals surface area contributed by atoms with Crippen molar-refractivity contribution < 1.29 is 34.0 Å². The molecule has 2 rings (SSSR count). The van der Waals surface area contributed by atoms with Crippen molar-refractivity contribution in [2.24, 2.45) is 0 Å². The van der Waals surface area contributed by atoms with E-state index in [2.05, 4.69) is 0 Å². The minimum absolute atomic E-state index is 0.0190. The Morgan fingerprint density at radius 1 is 1.04 bits per heavy atom. The van der Waals surface area contributed by atoms with Gasteiger partial charge in [-0.25, -0.2) is 4.79 Å². The average molecular weight is 376 g/mol. The highest BCUT2D eigenvalue weighted by Crippen LogP contribution is 2.31. The van der Waals surface area contributed by atoms with Crippen molar-refractivity contribution in [3.05, 3.63) is 41.5 Å². The zero-order valence-electron chi connectivity index (χ0n) is 15.5. The first-order chi connectivity index (χ1) is 12.9. The fraction of sp³-hybridized carbons (Fsp3) is 0.400. The fourth-order valence-electron chi connectivity index (χ4n) is 2.66. The molecule has 0 aromatic heterocycles. The third kappa shape index (κ3) is 5.18. The van der Waals surface area contributed by atoms with Gasteiger partial charge < -0.3 is 24.4 Å². The van der Waals surface area contributed by atoms with Crippen molar-refractivity contribution in [3.63, 3.8) is 0 Å². The SMILES string of the molecule is COc1cc2c(c(OC)c1)C(=O)O[C@@H](C)C/C=C\C(=O)[C@H](O)[C@@H](O)C/C=C/2. The Balaban J connectivity index is 2.50. The minimum atomic E-state index is -1.52. The molecule has 3 atom stereocenters. The molecule has 1 aliphatic rings. The molecule has 2 N–H and O–H groups in total. The number of methoxy groups -OCH3 is 2. The summed E-state index contributed by atoms with van der Waals surface area (Å²) < 4.78 is 16.0. The maximum absolute atomic E-state index is 12.7. The first-order valence-corrected chi connectivity index (χ1v) is 8.57. The monoisotopic (exact) mass is 376 g/mol. The van der Waals surface area contributed by atoms with Gasteiger partial charge in [0.1, 0.15) is 29.3 Å². The molecular formula is C20H24O7. The predicted molar refractivity (Wildman–Crippen MR) is 98.9 cm³/mol. The molecule has 7 heteroatoms. The normalized spacial score (nSPS) is 26.3. The minimum Gasteiger partial charge on any atom is -0.497 e. The van der Waals surface area contributed by atoms with Crippen molar-refractivity contribution in [2.45, 2.75) is 38.1 Å². The van der Waals surface area contributed by atoms with Gasteiger partial charge in [-0.05, 0) is 31.1 Å². The number of hydrogen-bond donors (Lipinski definition) is 2. The molecule has 0 radical (unpaired) electrons. The summed E-state index contributed by atoms with van der Waals surface area (Å²) in [5, 5.41) is 19.9. The lowest BCUT2D eigenvalue weighted by molar-refractivity contribution is -0.127. The maximum Gasteiger partial charge on any atom is 0.342 e. The van der Waals surface area contributed by atoms with Crippen LogP contribution in [0.1, 0.15) is 35.7 Å². The Morgan fingerprint density at radius 3 is 2.41 bits per heavy atom. The molecule has 0 spiro atoms. The number of esters is 1. The zero-order valence-corrected chi connectivity index (χ0v) is 15.5. The summed E-state index contributed by atoms with van der Waals surface area (Å²) in [6, 6.07) is 3.22. The van der Waals surface area contributed by atoms with Gasteiger partial charge in [-0.3, -0.25) is 4.79 Å². The first kappa shape index (κ1) is 20.7. The smallest absolute Gasteiger partial charge is 0.342 e. The molecule has 1 heterocycles. The molecule has 1 aromatic rings. The van der Waals surface area contributed by atoms with Gasteiger partial charge in [0, 0.05) is 12.5 Å². The lowest BCUT2D eigenvalue weighted by atomic mass is 10.0. The van der Waals surface area contributed by atoms with E-state index >= 15 is 0 Å². The van der Waals surface area contributed by atoms with Crippen molar-refractivity contribution in [2.75, 3.05) is 14.2 Å². The van der Waals surface area contributed by atoms with Crippen LogP contribution < -0.4 is 9.47 Å². The van der Waals surface area contributed by atoms with Crippen molar-refractivity contribution in [1.82, 2.24) is 0 Å². The van der Waals surface area contributed by atoms with Gasteiger partial charge in [0.05, 0.1) is 20.3 Å². The number of cyclic esters (lactones) is 1. The number of rotatable bonds is 2. The summed E-state index contributed by atoms with van der Waals surface area (Å²) in [4.78, 5) is 24.6. The number of fused-ring (bicyclic) bond motifs is 1. The van der Waals surface area contributed by atoms with E-state index in [9.17, 15) is 19.8 Å². The van der Waals surface area contributed by atoms with Crippen LogP contribution in [0.25, 0.3) is 6.08 Å². The van der Waals surface area contributed by atoms with E-state index in [1.807, 2.05) is 0 Å². The molecule has 1 aromatic carbocycles. The molecular weight excluding hydrogens is 352 g/mol. The van der Waals surface area contributed by atoms with Gasteiger partial charge in [-0.1, -0.05) is 18.2 Å². The summed E-state index contributed by atoms with van der Waals surface area (Å²) >= 11 is 0. The van der Waals surface area contributed by atoms with Crippen LogP contribution in [-0.2, 0) is 9.53 Å². The van der Waals surface area contributed by atoms with Gasteiger partial charge >= 0.3 is 5.97 Å². The number of ketones is 1. The summed E-state index contributed by atoms with van der Waals surface area (Å²) in [6.07, 6.45) is 2.86. The van der Waals surface area contributed by atoms with E-state index in [-0.39, 0.29) is 18.4 Å². The Bertz CT molecular complexity index is 751. The first-order valence-electron chi connectivity index (χ1n) is 8.57. The quantitative estimate of drug-likeness (QED) is 0.760. The summed E-state index contributed by atoms with van der Waals surface area (Å²) in [5.41, 5.74) is 0.706. The topological polar surface area (TPSA) is 102 Å². The number of carbonyl (C=O) groups is 2. The average Bonchev–Trinajstić information content (AvgIpc) is 2.65. The molecule has 27 heavy (non-hydrogen) atoms. The van der Waals surface area contributed by atoms with Gasteiger partial charge in [0.2, 0.25) is 0 Å². The van der Waals surface area contributed by atoms with Crippen LogP contribution in [0.3, 0.4) is 0 Å². The van der Waals surface area contributed by atoms with Gasteiger partial charge in [0.15, 0.2) is 5.78 Å². The Hall–Kier alpha value is -2.64. The molecule has 0 fully saturated rings. The lowest BCUT2D eigenvalue weighted by Gasteiger charge is -2.17. The molecule has 0 saturated carbocycles. The van der Waals surface area contributed by atoms with Crippen LogP contribution in [-0.4, -0.2) is 54.5 Å². The largest absolute Gasteiger partial charge is 0.497 e. The summed E-state index contributed by atoms with van der Waals surface area (Å²) in [5.74, 6) is -0.394. The maximum atomic E-state index is 12.7. The van der Waals surface area contributed by atoms with Crippen LogP contribution in [0.2, 0.25) is 0 Å². The van der Waals surface area contributed by atoms with E-state index in [0.29, 0.717) is 17.1 Å². The number of aliphatic hydroxyl groups is 2. The number of aliphatic hydroxyl groups excluding tert-OH is 2. The second kappa shape index (κ2) is 9.34. The highest BCUT2D eigenvalue weighted by Gasteiger charge is 2.24. The number of ether oxygens (including phenoxy) is 3. The van der Waals surface area contributed by atoms with Crippen molar-refractivity contribution in [1.29, 1.82) is 0 Å². The molecule has 1 aliphatic heterocycles. The number of benzene rings is 1. The predicted octanol–water partition coefficient (Wildman–Crippen LogP) is 1.90. The van der Waals surface area contributed by atoms with Gasteiger partial charge in [-0.2, -0.15) is 0 Å². The molecule has 146 valence electrons. The summed E-state index contributed by atoms with van der Waals surface area (Å²) in [7, 11) is 2.93. The molecule has 0 unspecified atom stereocenters. The molecule has 0 amide bonds. The molecule has 0 bridgehead atoms. The zero-order chi connectivity index (χ0) is 20.0. The van der Waals surface area contributed by atoms with Crippen LogP contribution in [0.4, 0.5) is 0 Å². The second-order valence-electron chi connectivity index (χ2n) is 6.20. The van der Waals surface area contributed by atoms with E-state index in [1.165, 1.54) is 26.4 Å². The molecule has 0 aliphatic carbocycles. The fourth-order valence-corrected chi connectivity index (χ4v) is 2.66. The third-order valence-corrected chi connectivity index (χ3v) is 4.16. The van der Waals surface area contributed by atoms with Crippen LogP contribution >= 0.6 is 0 Å². The second-order valence-corrected chi connectivity index (χ2v) is 6.20. The number of carbonyl (C=O) groups excluding carboxylic acids is 2. The van der Waals surface area contributed by atoms with E-state index in [1.54, 1.807) is 31.2 Å². The molecule has 0 saturated heterocycles. The van der Waals surface area contributed by atoms with Crippen LogP contribution in [0.15, 0.2) is 30.4 Å². The standard InChI is InChI=1S/C20H24O7/c1-12-6-4-8-15(21)19(23)16(22)9-5-7-13-10-14(25-2)11-17(26-3)18(13)20(24)27-12/h4-5,7-8,10-12,16,19,22-23H,6,9H2,1-3H3/b7-5+,8-4-/t12-,16-,19-/m0/s1. The van der Waals surface area contributed by atoms with Gasteiger partial charge in [0.25, 0.3) is 0 Å². The van der Waals surface area contributed by atoms with Gasteiger partial charge in [-0.15, -0.1) is 0 Å². The van der Waals surface area contributed by atoms with E-state index in [4.69, 9.17) is 14.2 Å². The van der Waals surface area contributed by atoms with Crippen molar-refractivity contribution >= 4 is 17.8 Å². The summed E-state index contributed by atoms with van der Waals surface area (Å²) in [6.45, 7) is 1.69. The Kier molecular flexibility index (Phi) is 7.15. The molecule has 7 nitrogen and oxygen atoms in total.